The smallest absolute Gasteiger partial charge is 0.228 e. The van der Waals surface area contributed by atoms with Crippen LogP contribution in [0.5, 0.6) is 5.75 Å². The van der Waals surface area contributed by atoms with Crippen LogP contribution in [-0.4, -0.2) is 23.9 Å². The Balaban J connectivity index is 1.68. The summed E-state index contributed by atoms with van der Waals surface area (Å²) in [6.07, 6.45) is 4.53. The number of aromatic nitrogens is 1. The largest absolute Gasteiger partial charge is 0.497 e. The number of aryl methyl sites for hydroxylation is 2. The minimum atomic E-state index is -0.395. The van der Waals surface area contributed by atoms with Crippen LogP contribution < -0.4 is 15.4 Å². The van der Waals surface area contributed by atoms with Gasteiger partial charge in [0.2, 0.25) is 11.8 Å². The second kappa shape index (κ2) is 8.31. The summed E-state index contributed by atoms with van der Waals surface area (Å²) < 4.78 is 5.16. The molecule has 2 amide bonds. The molecule has 6 nitrogen and oxygen atoms in total. The molecule has 0 saturated heterocycles. The Morgan fingerprint density at radius 2 is 1.96 bits per heavy atom. The van der Waals surface area contributed by atoms with Crippen molar-refractivity contribution in [2.24, 2.45) is 0 Å². The minimum Gasteiger partial charge on any atom is -0.497 e. The molecule has 2 N–H and O–H groups in total. The number of nitrogens with one attached hydrogen (secondary N) is 2. The highest BCUT2D eigenvalue weighted by atomic mass is 32.1. The number of benzene rings is 1. The first-order chi connectivity index (χ1) is 12.5. The number of anilines is 1. The maximum atomic E-state index is 12.5. The molecule has 1 aliphatic rings. The lowest BCUT2D eigenvalue weighted by atomic mass is 10.0. The van der Waals surface area contributed by atoms with E-state index in [0.717, 1.165) is 36.3 Å². The van der Waals surface area contributed by atoms with Crippen molar-refractivity contribution in [3.05, 3.63) is 40.4 Å². The first-order valence-corrected chi connectivity index (χ1v) is 9.56. The summed E-state index contributed by atoms with van der Waals surface area (Å²) in [6.45, 7) is 1.45. The number of rotatable bonds is 6. The second-order valence-electron chi connectivity index (χ2n) is 6.37. The Kier molecular flexibility index (Phi) is 5.88. The van der Waals surface area contributed by atoms with Gasteiger partial charge in [-0.2, -0.15) is 0 Å². The lowest BCUT2D eigenvalue weighted by Gasteiger charge is -2.18. The van der Waals surface area contributed by atoms with Gasteiger partial charge in [0, 0.05) is 11.8 Å². The highest BCUT2D eigenvalue weighted by Crippen LogP contribution is 2.30. The van der Waals surface area contributed by atoms with Crippen molar-refractivity contribution < 1.29 is 14.3 Å². The first-order valence-electron chi connectivity index (χ1n) is 8.74. The topological polar surface area (TPSA) is 80.3 Å². The van der Waals surface area contributed by atoms with Crippen LogP contribution in [0.4, 0.5) is 5.13 Å². The third kappa shape index (κ3) is 4.60. The monoisotopic (exact) mass is 373 g/mol. The van der Waals surface area contributed by atoms with Crippen molar-refractivity contribution in [3.63, 3.8) is 0 Å². The van der Waals surface area contributed by atoms with Crippen molar-refractivity contribution in [1.82, 2.24) is 10.3 Å². The molecular weight excluding hydrogens is 350 g/mol. The quantitative estimate of drug-likeness (QED) is 0.815. The normalized spacial score (nSPS) is 14.2. The van der Waals surface area contributed by atoms with Crippen LogP contribution in [0.2, 0.25) is 0 Å². The van der Waals surface area contributed by atoms with Gasteiger partial charge in [0.25, 0.3) is 0 Å². The molecule has 0 radical (unpaired) electrons. The van der Waals surface area contributed by atoms with Crippen LogP contribution in [-0.2, 0) is 22.4 Å². The first kappa shape index (κ1) is 18.4. The van der Waals surface area contributed by atoms with Gasteiger partial charge in [-0.3, -0.25) is 9.59 Å². The number of ether oxygens (including phenoxy) is 1. The molecule has 1 heterocycles. The molecule has 0 aliphatic heterocycles. The fraction of sp³-hybridized carbons (Fsp3) is 0.421. The average molecular weight is 373 g/mol. The van der Waals surface area contributed by atoms with Gasteiger partial charge in [-0.25, -0.2) is 4.98 Å². The van der Waals surface area contributed by atoms with Gasteiger partial charge in [-0.1, -0.05) is 12.1 Å². The highest BCUT2D eigenvalue weighted by Gasteiger charge is 2.20. The summed E-state index contributed by atoms with van der Waals surface area (Å²) in [5, 5.41) is 6.38. The summed E-state index contributed by atoms with van der Waals surface area (Å²) >= 11 is 1.56. The zero-order valence-electron chi connectivity index (χ0n) is 15.0. The van der Waals surface area contributed by atoms with E-state index in [4.69, 9.17) is 4.74 Å². The number of thiazole rings is 1. The number of hydrogen-bond acceptors (Lipinski definition) is 5. The summed E-state index contributed by atoms with van der Waals surface area (Å²) in [5.41, 5.74) is 1.97. The molecule has 1 aromatic carbocycles. The zero-order chi connectivity index (χ0) is 18.5. The van der Waals surface area contributed by atoms with Gasteiger partial charge < -0.3 is 15.4 Å². The molecule has 0 bridgehead atoms. The average Bonchev–Trinajstić information content (AvgIpc) is 3.03. The molecule has 26 heavy (non-hydrogen) atoms. The molecule has 7 heteroatoms. The predicted molar refractivity (Wildman–Crippen MR) is 102 cm³/mol. The molecular formula is C19H23N3O3S. The van der Waals surface area contributed by atoms with E-state index < -0.39 is 6.04 Å². The van der Waals surface area contributed by atoms with Gasteiger partial charge in [0.05, 0.1) is 25.3 Å². The number of carbonyl (C=O) groups excluding carboxylic acids is 2. The van der Waals surface area contributed by atoms with Gasteiger partial charge in [-0.15, -0.1) is 11.3 Å². The van der Waals surface area contributed by atoms with E-state index in [-0.39, 0.29) is 18.2 Å². The van der Waals surface area contributed by atoms with E-state index >= 15 is 0 Å². The molecule has 0 saturated carbocycles. The fourth-order valence-corrected chi connectivity index (χ4v) is 4.16. The standard InChI is InChI=1S/C19H23N3O3S/c1-12(23)20-16(13-7-9-14(25-2)10-8-13)11-18(24)22-19-21-15-5-3-4-6-17(15)26-19/h7-10,16H,3-6,11H2,1-2H3,(H,20,23)(H,21,22,24)/t16-/m1/s1. The fourth-order valence-electron chi connectivity index (χ4n) is 3.09. The number of methoxy groups -OCH3 is 1. The second-order valence-corrected chi connectivity index (χ2v) is 7.46. The molecule has 3 rings (SSSR count). The predicted octanol–water partition coefficient (Wildman–Crippen LogP) is 3.24. The maximum Gasteiger partial charge on any atom is 0.228 e. The van der Waals surface area contributed by atoms with Crippen molar-refractivity contribution in [2.75, 3.05) is 12.4 Å². The maximum absolute atomic E-state index is 12.5. The molecule has 0 fully saturated rings. The van der Waals surface area contributed by atoms with Crippen molar-refractivity contribution in [3.8, 4) is 5.75 Å². The number of nitrogens with zero attached hydrogens (tertiary/aromatic N) is 1. The zero-order valence-corrected chi connectivity index (χ0v) is 15.8. The van der Waals surface area contributed by atoms with Crippen molar-refractivity contribution >= 4 is 28.3 Å². The lowest BCUT2D eigenvalue weighted by molar-refractivity contribution is -0.120. The van der Waals surface area contributed by atoms with Crippen molar-refractivity contribution in [2.45, 2.75) is 45.1 Å². The Morgan fingerprint density at radius 1 is 1.23 bits per heavy atom. The van der Waals surface area contributed by atoms with Crippen LogP contribution in [0.15, 0.2) is 24.3 Å². The van der Waals surface area contributed by atoms with Crippen LogP contribution >= 0.6 is 11.3 Å². The summed E-state index contributed by atoms with van der Waals surface area (Å²) in [5.74, 6) is 0.391. The van der Waals surface area contributed by atoms with E-state index in [1.165, 1.54) is 18.2 Å². The molecule has 0 unspecified atom stereocenters. The molecule has 138 valence electrons. The summed E-state index contributed by atoms with van der Waals surface area (Å²) in [6, 6.07) is 6.95. The highest BCUT2D eigenvalue weighted by molar-refractivity contribution is 7.15. The summed E-state index contributed by atoms with van der Waals surface area (Å²) in [7, 11) is 1.60. The molecule has 2 aromatic rings. The van der Waals surface area contributed by atoms with E-state index in [1.807, 2.05) is 24.3 Å². The van der Waals surface area contributed by atoms with E-state index in [9.17, 15) is 9.59 Å². The van der Waals surface area contributed by atoms with E-state index in [2.05, 4.69) is 15.6 Å². The van der Waals surface area contributed by atoms with Crippen molar-refractivity contribution in [1.29, 1.82) is 0 Å². The number of carbonyl (C=O) groups is 2. The van der Waals surface area contributed by atoms with Crippen LogP contribution in [0.25, 0.3) is 0 Å². The van der Waals surface area contributed by atoms with E-state index in [0.29, 0.717) is 5.13 Å². The molecule has 1 atom stereocenters. The van der Waals surface area contributed by atoms with Crippen LogP contribution in [0.3, 0.4) is 0 Å². The Hall–Kier alpha value is -2.41. The van der Waals surface area contributed by atoms with Crippen LogP contribution in [0, 0.1) is 0 Å². The van der Waals surface area contributed by atoms with Crippen LogP contribution in [0.1, 0.15) is 48.4 Å². The molecule has 1 aromatic heterocycles. The van der Waals surface area contributed by atoms with E-state index in [1.54, 1.807) is 18.4 Å². The Labute approximate surface area is 157 Å². The van der Waals surface area contributed by atoms with Gasteiger partial charge in [0.15, 0.2) is 5.13 Å². The lowest BCUT2D eigenvalue weighted by Crippen LogP contribution is -2.29. The van der Waals surface area contributed by atoms with Gasteiger partial charge in [-0.05, 0) is 43.4 Å². The van der Waals surface area contributed by atoms with Gasteiger partial charge in [0.1, 0.15) is 5.75 Å². The third-order valence-corrected chi connectivity index (χ3v) is 5.45. The minimum absolute atomic E-state index is 0.149. The molecule has 1 aliphatic carbocycles. The number of hydrogen-bond donors (Lipinski definition) is 2. The number of fused-ring (bicyclic) bond motifs is 1. The molecule has 0 spiro atoms. The third-order valence-electron chi connectivity index (χ3n) is 4.38. The summed E-state index contributed by atoms with van der Waals surface area (Å²) in [4.78, 5) is 29.9. The Bertz CT molecular complexity index is 762. The SMILES string of the molecule is COc1ccc([C@@H](CC(=O)Nc2nc3c(s2)CCCC3)NC(C)=O)cc1. The van der Waals surface area contributed by atoms with Gasteiger partial charge >= 0.3 is 0 Å². The Morgan fingerprint density at radius 3 is 2.62 bits per heavy atom. The number of amides is 2.